The fourth-order valence-electron chi connectivity index (χ4n) is 2.85. The Morgan fingerprint density at radius 1 is 0.931 bits per heavy atom. The van der Waals surface area contributed by atoms with Gasteiger partial charge in [0.15, 0.2) is 6.61 Å². The van der Waals surface area contributed by atoms with Crippen LogP contribution in [0.15, 0.2) is 66.7 Å². The van der Waals surface area contributed by atoms with Crippen molar-refractivity contribution in [1.29, 1.82) is 0 Å². The van der Waals surface area contributed by atoms with Crippen LogP contribution >= 0.6 is 0 Å². The molecule has 0 aliphatic heterocycles. The molecule has 150 valence electrons. The summed E-state index contributed by atoms with van der Waals surface area (Å²) in [4.78, 5) is 24.2. The van der Waals surface area contributed by atoms with E-state index in [0.29, 0.717) is 18.5 Å². The molecule has 0 spiro atoms. The van der Waals surface area contributed by atoms with Gasteiger partial charge in [-0.2, -0.15) is 8.78 Å². The van der Waals surface area contributed by atoms with Crippen molar-refractivity contribution >= 4 is 22.6 Å². The number of rotatable bonds is 8. The molecular weight excluding hydrogens is 380 g/mol. The molecule has 1 N–H and O–H groups in total. The molecule has 0 aromatic heterocycles. The number of benzene rings is 3. The Morgan fingerprint density at radius 3 is 2.41 bits per heavy atom. The number of amides is 1. The third kappa shape index (κ3) is 5.75. The smallest absolute Gasteiger partial charge is 0.387 e. The minimum absolute atomic E-state index is 0.0770. The standard InChI is InChI=1S/C22H19F2NO4/c23-22(24)29-17-10-8-15(9-11-17)12-13-25-20(26)14-28-21(27)19-7-3-5-16-4-1-2-6-18(16)19/h1-11,22H,12-14H2,(H,25,26). The molecule has 0 unspecified atom stereocenters. The van der Waals surface area contributed by atoms with E-state index in [1.165, 1.54) is 12.1 Å². The molecule has 0 saturated carbocycles. The number of carbonyl (C=O) groups excluding carboxylic acids is 2. The Hall–Kier alpha value is -3.48. The molecule has 0 aliphatic carbocycles. The summed E-state index contributed by atoms with van der Waals surface area (Å²) in [7, 11) is 0. The summed E-state index contributed by atoms with van der Waals surface area (Å²) >= 11 is 0. The second kappa shape index (κ2) is 9.64. The molecule has 0 fully saturated rings. The lowest BCUT2D eigenvalue weighted by atomic mass is 10.1. The summed E-state index contributed by atoms with van der Waals surface area (Å²) in [5.74, 6) is -0.907. The normalized spacial score (nSPS) is 10.7. The van der Waals surface area contributed by atoms with E-state index in [-0.39, 0.29) is 12.4 Å². The topological polar surface area (TPSA) is 64.6 Å². The summed E-state index contributed by atoms with van der Waals surface area (Å²) in [5, 5.41) is 4.33. The van der Waals surface area contributed by atoms with E-state index in [2.05, 4.69) is 10.1 Å². The first-order valence-corrected chi connectivity index (χ1v) is 8.98. The van der Waals surface area contributed by atoms with Crippen LogP contribution in [-0.2, 0) is 16.0 Å². The zero-order valence-electron chi connectivity index (χ0n) is 15.4. The van der Waals surface area contributed by atoms with Gasteiger partial charge in [0.2, 0.25) is 0 Å². The monoisotopic (exact) mass is 399 g/mol. The number of carbonyl (C=O) groups is 2. The molecule has 0 radical (unpaired) electrons. The molecule has 5 nitrogen and oxygen atoms in total. The van der Waals surface area contributed by atoms with Crippen molar-refractivity contribution in [3.63, 3.8) is 0 Å². The first kappa shape index (κ1) is 20.3. The van der Waals surface area contributed by atoms with Gasteiger partial charge in [0, 0.05) is 6.54 Å². The number of fused-ring (bicyclic) bond motifs is 1. The molecule has 0 atom stereocenters. The maximum Gasteiger partial charge on any atom is 0.387 e. The van der Waals surface area contributed by atoms with E-state index < -0.39 is 18.5 Å². The van der Waals surface area contributed by atoms with Crippen molar-refractivity contribution in [1.82, 2.24) is 5.32 Å². The number of hydrogen-bond acceptors (Lipinski definition) is 4. The van der Waals surface area contributed by atoms with Crippen LogP contribution < -0.4 is 10.1 Å². The number of nitrogens with one attached hydrogen (secondary N) is 1. The first-order valence-electron chi connectivity index (χ1n) is 8.98. The highest BCUT2D eigenvalue weighted by Crippen LogP contribution is 2.19. The fourth-order valence-corrected chi connectivity index (χ4v) is 2.85. The minimum atomic E-state index is -2.86. The lowest BCUT2D eigenvalue weighted by Crippen LogP contribution is -2.30. The van der Waals surface area contributed by atoms with Crippen molar-refractivity contribution in [2.24, 2.45) is 0 Å². The Bertz CT molecular complexity index is 984. The van der Waals surface area contributed by atoms with E-state index >= 15 is 0 Å². The Balaban J connectivity index is 1.44. The first-order chi connectivity index (χ1) is 14.0. The van der Waals surface area contributed by atoms with Crippen LogP contribution in [0.2, 0.25) is 0 Å². The average molecular weight is 399 g/mol. The molecule has 0 saturated heterocycles. The molecule has 0 heterocycles. The number of alkyl halides is 2. The fraction of sp³-hybridized carbons (Fsp3) is 0.182. The maximum atomic E-state index is 12.3. The highest BCUT2D eigenvalue weighted by molar-refractivity contribution is 6.04. The largest absolute Gasteiger partial charge is 0.452 e. The van der Waals surface area contributed by atoms with E-state index in [9.17, 15) is 18.4 Å². The zero-order valence-corrected chi connectivity index (χ0v) is 15.4. The van der Waals surface area contributed by atoms with Crippen LogP contribution in [0.25, 0.3) is 10.8 Å². The van der Waals surface area contributed by atoms with Gasteiger partial charge in [-0.05, 0) is 41.0 Å². The summed E-state index contributed by atoms with van der Waals surface area (Å²) < 4.78 is 33.6. The van der Waals surface area contributed by atoms with Crippen molar-refractivity contribution in [2.45, 2.75) is 13.0 Å². The number of ether oxygens (including phenoxy) is 2. The van der Waals surface area contributed by atoms with Crippen LogP contribution in [0.5, 0.6) is 5.75 Å². The van der Waals surface area contributed by atoms with E-state index in [4.69, 9.17) is 4.74 Å². The second-order valence-electron chi connectivity index (χ2n) is 6.23. The SMILES string of the molecule is O=C(COC(=O)c1cccc2ccccc12)NCCc1ccc(OC(F)F)cc1. The molecule has 3 rings (SSSR count). The summed E-state index contributed by atoms with van der Waals surface area (Å²) in [5.41, 5.74) is 1.25. The molecule has 1 amide bonds. The van der Waals surface area contributed by atoms with Gasteiger partial charge in [-0.1, -0.05) is 48.5 Å². The number of halogens is 2. The van der Waals surface area contributed by atoms with Gasteiger partial charge in [0.05, 0.1) is 5.56 Å². The molecule has 29 heavy (non-hydrogen) atoms. The minimum Gasteiger partial charge on any atom is -0.452 e. The Kier molecular flexibility index (Phi) is 6.73. The van der Waals surface area contributed by atoms with E-state index in [1.54, 1.807) is 24.3 Å². The van der Waals surface area contributed by atoms with Crippen LogP contribution in [0, 0.1) is 0 Å². The van der Waals surface area contributed by atoms with Crippen LogP contribution in [0.3, 0.4) is 0 Å². The van der Waals surface area contributed by atoms with Crippen molar-refractivity contribution in [2.75, 3.05) is 13.2 Å². The maximum absolute atomic E-state index is 12.3. The van der Waals surface area contributed by atoms with Crippen molar-refractivity contribution in [3.05, 3.63) is 77.9 Å². The van der Waals surface area contributed by atoms with Gasteiger partial charge in [-0.25, -0.2) is 4.79 Å². The highest BCUT2D eigenvalue weighted by atomic mass is 19.3. The van der Waals surface area contributed by atoms with Crippen LogP contribution in [0.1, 0.15) is 15.9 Å². The molecule has 3 aromatic rings. The van der Waals surface area contributed by atoms with Gasteiger partial charge in [0.25, 0.3) is 5.91 Å². The molecule has 0 bridgehead atoms. The lowest BCUT2D eigenvalue weighted by molar-refractivity contribution is -0.124. The average Bonchev–Trinajstić information content (AvgIpc) is 2.72. The van der Waals surface area contributed by atoms with Crippen molar-refractivity contribution < 1.29 is 27.8 Å². The van der Waals surface area contributed by atoms with Crippen LogP contribution in [0.4, 0.5) is 8.78 Å². The van der Waals surface area contributed by atoms with E-state index in [0.717, 1.165) is 16.3 Å². The number of esters is 1. The van der Waals surface area contributed by atoms with Gasteiger partial charge >= 0.3 is 12.6 Å². The number of hydrogen-bond donors (Lipinski definition) is 1. The second-order valence-corrected chi connectivity index (χ2v) is 6.23. The van der Waals surface area contributed by atoms with Gasteiger partial charge in [0.1, 0.15) is 5.75 Å². The molecular formula is C22H19F2NO4. The summed E-state index contributed by atoms with van der Waals surface area (Å²) in [6, 6.07) is 18.9. The molecule has 7 heteroatoms. The zero-order chi connectivity index (χ0) is 20.6. The lowest BCUT2D eigenvalue weighted by Gasteiger charge is -2.09. The molecule has 3 aromatic carbocycles. The summed E-state index contributed by atoms with van der Waals surface area (Å²) in [6.45, 7) is -2.93. The highest BCUT2D eigenvalue weighted by Gasteiger charge is 2.13. The Morgan fingerprint density at radius 2 is 1.66 bits per heavy atom. The van der Waals surface area contributed by atoms with Crippen molar-refractivity contribution in [3.8, 4) is 5.75 Å². The van der Waals surface area contributed by atoms with Gasteiger partial charge in [-0.15, -0.1) is 0 Å². The van der Waals surface area contributed by atoms with Gasteiger partial charge in [-0.3, -0.25) is 4.79 Å². The quantitative estimate of drug-likeness (QED) is 0.583. The summed E-state index contributed by atoms with van der Waals surface area (Å²) in [6.07, 6.45) is 0.498. The van der Waals surface area contributed by atoms with Crippen LogP contribution in [-0.4, -0.2) is 31.6 Å². The third-order valence-electron chi connectivity index (χ3n) is 4.23. The Labute approximate surface area is 166 Å². The molecule has 0 aliphatic rings. The predicted octanol–water partition coefficient (Wildman–Crippen LogP) is 3.96. The van der Waals surface area contributed by atoms with Gasteiger partial charge < -0.3 is 14.8 Å². The third-order valence-corrected chi connectivity index (χ3v) is 4.23. The van der Waals surface area contributed by atoms with E-state index in [1.807, 2.05) is 30.3 Å². The predicted molar refractivity (Wildman–Crippen MR) is 104 cm³/mol.